The van der Waals surface area contributed by atoms with Crippen LogP contribution in [0.2, 0.25) is 19.6 Å². The van der Waals surface area contributed by atoms with E-state index < -0.39 is 8.07 Å². The number of amides is 2. The first-order valence-electron chi connectivity index (χ1n) is 11.5. The summed E-state index contributed by atoms with van der Waals surface area (Å²) in [5.41, 5.74) is 7.08. The van der Waals surface area contributed by atoms with Crippen LogP contribution in [-0.2, 0) is 9.59 Å². The van der Waals surface area contributed by atoms with Crippen molar-refractivity contribution in [1.29, 1.82) is 0 Å². The summed E-state index contributed by atoms with van der Waals surface area (Å²) in [6, 6.07) is 5.82. The Balaban J connectivity index is 1.34. The molecule has 4 rings (SSSR count). The first kappa shape index (κ1) is 23.0. The predicted octanol–water partition coefficient (Wildman–Crippen LogP) is 3.92. The van der Waals surface area contributed by atoms with Gasteiger partial charge in [0.25, 0.3) is 5.91 Å². The molecule has 0 bridgehead atoms. The smallest absolute Gasteiger partial charge is 0.298 e. The molecule has 2 aromatic rings. The molecule has 2 N–H and O–H groups in total. The maximum Gasteiger partial charge on any atom is 0.298 e. The van der Waals surface area contributed by atoms with Gasteiger partial charge in [-0.3, -0.25) is 19.7 Å². The first-order valence-corrected chi connectivity index (χ1v) is 15.0. The van der Waals surface area contributed by atoms with E-state index in [0.717, 1.165) is 28.9 Å². The number of carbonyl (C=O) groups is 2. The number of nitrogens with one attached hydrogen (secondary N) is 2. The number of aromatic nitrogens is 3. The Hall–Kier alpha value is -3.18. The van der Waals surface area contributed by atoms with Crippen molar-refractivity contribution in [3.63, 3.8) is 0 Å². The van der Waals surface area contributed by atoms with Gasteiger partial charge >= 0.3 is 0 Å². The van der Waals surface area contributed by atoms with Gasteiger partial charge in [0.1, 0.15) is 8.07 Å². The van der Waals surface area contributed by atoms with E-state index in [2.05, 4.69) is 51.6 Å². The summed E-state index contributed by atoms with van der Waals surface area (Å²) in [6.45, 7) is 9.44. The molecule has 0 aromatic carbocycles. The third-order valence-corrected chi connectivity index (χ3v) is 6.79. The van der Waals surface area contributed by atoms with E-state index >= 15 is 0 Å². The molecule has 2 aromatic heterocycles. The zero-order chi connectivity index (χ0) is 23.6. The molecular formula is C25H31N5O2Si. The van der Waals surface area contributed by atoms with E-state index in [4.69, 9.17) is 0 Å². The van der Waals surface area contributed by atoms with Crippen LogP contribution in [0.15, 0.2) is 30.5 Å². The number of hydrogen-bond donors (Lipinski definition) is 2. The molecule has 1 fully saturated rings. The summed E-state index contributed by atoms with van der Waals surface area (Å²) in [7, 11) is -1.56. The highest BCUT2D eigenvalue weighted by atomic mass is 28.3. The monoisotopic (exact) mass is 461 g/mol. The van der Waals surface area contributed by atoms with E-state index in [9.17, 15) is 9.59 Å². The quantitative estimate of drug-likeness (QED) is 0.522. The fraction of sp³-hybridized carbons (Fsp3) is 0.440. The van der Waals surface area contributed by atoms with Crippen LogP contribution in [0.5, 0.6) is 0 Å². The zero-order valence-corrected chi connectivity index (χ0v) is 20.7. The molecular weight excluding hydrogens is 430 g/mol. The van der Waals surface area contributed by atoms with Gasteiger partial charge in [0.05, 0.1) is 11.6 Å². The van der Waals surface area contributed by atoms with Crippen molar-refractivity contribution in [3.8, 4) is 11.5 Å². The van der Waals surface area contributed by atoms with Crippen LogP contribution in [0.1, 0.15) is 55.0 Å². The lowest BCUT2D eigenvalue weighted by atomic mass is 9.99. The highest BCUT2D eigenvalue weighted by Gasteiger charge is 2.26. The topological polar surface area (TPSA) is 91.0 Å². The van der Waals surface area contributed by atoms with Crippen molar-refractivity contribution >= 4 is 31.3 Å². The van der Waals surface area contributed by atoms with Crippen LogP contribution in [0.25, 0.3) is 5.57 Å². The number of pyridine rings is 1. The highest BCUT2D eigenvalue weighted by molar-refractivity contribution is 6.84. The minimum atomic E-state index is -1.56. The number of rotatable bonds is 5. The summed E-state index contributed by atoms with van der Waals surface area (Å²) in [6.07, 6.45) is 6.91. The molecule has 0 radical (unpaired) electrons. The molecule has 1 atom stereocenters. The predicted molar refractivity (Wildman–Crippen MR) is 132 cm³/mol. The number of aromatic amines is 1. The number of nitrogens with zero attached hydrogens (tertiary/aromatic N) is 3. The molecule has 7 nitrogen and oxygen atoms in total. The lowest BCUT2D eigenvalue weighted by Crippen LogP contribution is -2.34. The van der Waals surface area contributed by atoms with Crippen LogP contribution >= 0.6 is 0 Å². The largest absolute Gasteiger partial charge is 0.328 e. The van der Waals surface area contributed by atoms with Gasteiger partial charge in [-0.15, -0.1) is 5.54 Å². The Kier molecular flexibility index (Phi) is 6.52. The van der Waals surface area contributed by atoms with Crippen molar-refractivity contribution in [2.45, 2.75) is 57.7 Å². The Labute approximate surface area is 196 Å². The normalized spacial score (nSPS) is 17.0. The Morgan fingerprint density at radius 3 is 2.67 bits per heavy atom. The Bertz CT molecular complexity index is 1130. The fourth-order valence-electron chi connectivity index (χ4n) is 3.65. The summed E-state index contributed by atoms with van der Waals surface area (Å²) in [4.78, 5) is 31.4. The van der Waals surface area contributed by atoms with Crippen LogP contribution < -0.4 is 5.32 Å². The van der Waals surface area contributed by atoms with E-state index in [1.165, 1.54) is 12.8 Å². The van der Waals surface area contributed by atoms with E-state index in [1.54, 1.807) is 11.1 Å². The second-order valence-electron chi connectivity index (χ2n) is 9.90. The van der Waals surface area contributed by atoms with Gasteiger partial charge in [0, 0.05) is 37.0 Å². The summed E-state index contributed by atoms with van der Waals surface area (Å²) in [5, 5.41) is 10.1. The van der Waals surface area contributed by atoms with Crippen LogP contribution in [0.3, 0.4) is 0 Å². The van der Waals surface area contributed by atoms with Crippen LogP contribution in [0.4, 0.5) is 5.82 Å². The number of H-pyrrole nitrogens is 1. The first-order chi connectivity index (χ1) is 15.7. The van der Waals surface area contributed by atoms with Crippen molar-refractivity contribution in [1.82, 2.24) is 20.1 Å². The van der Waals surface area contributed by atoms with Gasteiger partial charge in [0.15, 0.2) is 5.82 Å². The van der Waals surface area contributed by atoms with Crippen molar-refractivity contribution in [2.24, 2.45) is 0 Å². The third-order valence-electron chi connectivity index (χ3n) is 5.92. The molecule has 172 valence electrons. The molecule has 3 heterocycles. The average Bonchev–Trinajstić information content (AvgIpc) is 3.55. The Morgan fingerprint density at radius 2 is 2.06 bits per heavy atom. The summed E-state index contributed by atoms with van der Waals surface area (Å²) >= 11 is 0. The lowest BCUT2D eigenvalue weighted by Gasteiger charge is -2.24. The van der Waals surface area contributed by atoms with E-state index in [1.807, 2.05) is 31.2 Å². The maximum atomic E-state index is 12.7. The van der Waals surface area contributed by atoms with Crippen molar-refractivity contribution in [2.75, 3.05) is 18.4 Å². The summed E-state index contributed by atoms with van der Waals surface area (Å²) < 4.78 is 0. The molecule has 2 aliphatic rings. The van der Waals surface area contributed by atoms with Gasteiger partial charge in [-0.2, -0.15) is 5.10 Å². The summed E-state index contributed by atoms with van der Waals surface area (Å²) in [5.74, 6) is 3.40. The fourth-order valence-corrected chi connectivity index (χ4v) is 4.13. The van der Waals surface area contributed by atoms with E-state index in [0.29, 0.717) is 24.8 Å². The van der Waals surface area contributed by atoms with Gasteiger partial charge in [0.2, 0.25) is 5.91 Å². The van der Waals surface area contributed by atoms with Gasteiger partial charge < -0.3 is 10.2 Å². The molecule has 1 aliphatic carbocycles. The minimum absolute atomic E-state index is 0.1000. The van der Waals surface area contributed by atoms with Gasteiger partial charge in [-0.1, -0.05) is 31.8 Å². The number of carbonyl (C=O) groups excluding carboxylic acids is 2. The van der Waals surface area contributed by atoms with Crippen molar-refractivity contribution in [3.05, 3.63) is 47.4 Å². The second kappa shape index (κ2) is 9.36. The molecule has 0 spiro atoms. The number of hydrogen-bond acceptors (Lipinski definition) is 4. The Morgan fingerprint density at radius 1 is 1.27 bits per heavy atom. The van der Waals surface area contributed by atoms with Crippen LogP contribution in [0, 0.1) is 11.5 Å². The lowest BCUT2D eigenvalue weighted by molar-refractivity contribution is -0.124. The average molecular weight is 462 g/mol. The molecule has 0 saturated heterocycles. The minimum Gasteiger partial charge on any atom is -0.328 e. The molecule has 1 unspecified atom stereocenters. The van der Waals surface area contributed by atoms with Crippen LogP contribution in [-0.4, -0.2) is 53.1 Å². The standard InChI is InChI=1S/C25H31N5O2Si/c1-17(25(32)27-23-15-22(28-29-23)18-5-6-18)20-7-8-21(26-16-20)19-9-12-30(13-10-19)24(31)11-14-33(2,3)4/h7-9,15-18H,5-6,10,12-13H2,1-4H3,(H2,27,28,29,32). The molecule has 1 aliphatic heterocycles. The van der Waals surface area contributed by atoms with Crippen molar-refractivity contribution < 1.29 is 9.59 Å². The molecule has 8 heteroatoms. The molecule has 33 heavy (non-hydrogen) atoms. The SMILES string of the molecule is CC(C(=O)Nc1cc(C2CC2)[nH]n1)c1ccc(C2=CCN(C(=O)C#C[Si](C)(C)C)CC2)nc1. The molecule has 1 saturated carbocycles. The molecule has 2 amide bonds. The van der Waals surface area contributed by atoms with E-state index in [-0.39, 0.29) is 17.7 Å². The third kappa shape index (κ3) is 5.99. The zero-order valence-electron chi connectivity index (χ0n) is 19.7. The maximum absolute atomic E-state index is 12.7. The second-order valence-corrected chi connectivity index (χ2v) is 14.7. The van der Waals surface area contributed by atoms with Gasteiger partial charge in [-0.05, 0) is 49.3 Å². The number of anilines is 1. The highest BCUT2D eigenvalue weighted by Crippen LogP contribution is 2.39. The van der Waals surface area contributed by atoms with Gasteiger partial charge in [-0.25, -0.2) is 0 Å².